The van der Waals surface area contributed by atoms with E-state index in [9.17, 15) is 4.79 Å². The molecule has 1 aliphatic heterocycles. The highest BCUT2D eigenvalue weighted by atomic mass is 16.1. The van der Waals surface area contributed by atoms with Gasteiger partial charge in [0.05, 0.1) is 11.4 Å². The largest absolute Gasteiger partial charge is 0.366 e. The van der Waals surface area contributed by atoms with Crippen molar-refractivity contribution < 1.29 is 4.79 Å². The van der Waals surface area contributed by atoms with E-state index >= 15 is 0 Å². The van der Waals surface area contributed by atoms with Crippen molar-refractivity contribution in [3.63, 3.8) is 0 Å². The molecule has 12 heavy (non-hydrogen) atoms. The van der Waals surface area contributed by atoms with Crippen molar-refractivity contribution in [2.24, 2.45) is 5.73 Å². The number of benzene rings is 1. The third-order valence-corrected chi connectivity index (χ3v) is 1.70. The molecule has 1 aromatic rings. The molecule has 5 heteroatoms. The molecule has 1 aromatic carbocycles. The molecule has 62 valence electrons. The Hall–Kier alpha value is -1.75. The summed E-state index contributed by atoms with van der Waals surface area (Å²) in [7, 11) is 0. The maximum absolute atomic E-state index is 10.8. The number of primary amides is 1. The molecule has 5 N–H and O–H groups in total. The monoisotopic (exact) mass is 164 g/mol. The summed E-state index contributed by atoms with van der Waals surface area (Å²) in [6.45, 7) is 0. The summed E-state index contributed by atoms with van der Waals surface area (Å²) in [5.74, 6) is -0.425. The molecule has 0 bridgehead atoms. The minimum Gasteiger partial charge on any atom is -0.366 e. The second-order valence-electron chi connectivity index (χ2n) is 2.50. The van der Waals surface area contributed by atoms with Gasteiger partial charge in [-0.2, -0.15) is 0 Å². The Morgan fingerprint density at radius 3 is 2.75 bits per heavy atom. The van der Waals surface area contributed by atoms with Gasteiger partial charge in [-0.3, -0.25) is 4.79 Å². The summed E-state index contributed by atoms with van der Waals surface area (Å²) in [5.41, 5.74) is 15.7. The normalized spacial score (nSPS) is 13.0. The SMILES string of the molecule is NC(=O)c1ccc2c(c1)NNN2. The van der Waals surface area contributed by atoms with Crippen LogP contribution in [-0.4, -0.2) is 5.91 Å². The lowest BCUT2D eigenvalue weighted by Gasteiger charge is -1.98. The molecule has 1 amide bonds. The predicted octanol–water partition coefficient (Wildman–Crippen LogP) is 0.0425. The van der Waals surface area contributed by atoms with E-state index in [1.807, 2.05) is 0 Å². The van der Waals surface area contributed by atoms with Crippen LogP contribution in [0.25, 0.3) is 0 Å². The molecule has 0 atom stereocenters. The van der Waals surface area contributed by atoms with E-state index in [-0.39, 0.29) is 0 Å². The zero-order valence-electron chi connectivity index (χ0n) is 6.22. The quantitative estimate of drug-likeness (QED) is 0.472. The highest BCUT2D eigenvalue weighted by Gasteiger charge is 2.10. The van der Waals surface area contributed by atoms with Crippen molar-refractivity contribution in [2.45, 2.75) is 0 Å². The van der Waals surface area contributed by atoms with Gasteiger partial charge in [0.1, 0.15) is 0 Å². The smallest absolute Gasteiger partial charge is 0.248 e. The van der Waals surface area contributed by atoms with Gasteiger partial charge >= 0.3 is 0 Å². The van der Waals surface area contributed by atoms with Gasteiger partial charge in [-0.05, 0) is 18.2 Å². The van der Waals surface area contributed by atoms with Crippen LogP contribution in [0, 0.1) is 0 Å². The van der Waals surface area contributed by atoms with Crippen molar-refractivity contribution >= 4 is 17.3 Å². The number of carbonyl (C=O) groups is 1. The molecular weight excluding hydrogens is 156 g/mol. The van der Waals surface area contributed by atoms with Crippen LogP contribution in [0.5, 0.6) is 0 Å². The zero-order chi connectivity index (χ0) is 8.55. The van der Waals surface area contributed by atoms with Crippen LogP contribution >= 0.6 is 0 Å². The van der Waals surface area contributed by atoms with Gasteiger partial charge in [0.15, 0.2) is 0 Å². The van der Waals surface area contributed by atoms with Gasteiger partial charge in [-0.1, -0.05) is 0 Å². The first-order chi connectivity index (χ1) is 5.77. The number of nitrogens with one attached hydrogen (secondary N) is 3. The van der Waals surface area contributed by atoms with Crippen molar-refractivity contribution in [3.05, 3.63) is 23.8 Å². The Morgan fingerprint density at radius 1 is 1.25 bits per heavy atom. The maximum Gasteiger partial charge on any atom is 0.248 e. The van der Waals surface area contributed by atoms with E-state index in [4.69, 9.17) is 5.73 Å². The molecular formula is C7H8N4O. The van der Waals surface area contributed by atoms with Gasteiger partial charge in [-0.25, -0.2) is 0 Å². The molecule has 0 aromatic heterocycles. The lowest BCUT2D eigenvalue weighted by molar-refractivity contribution is 0.100. The van der Waals surface area contributed by atoms with Gasteiger partial charge < -0.3 is 16.6 Å². The van der Waals surface area contributed by atoms with Crippen LogP contribution in [0.1, 0.15) is 10.4 Å². The van der Waals surface area contributed by atoms with E-state index in [1.54, 1.807) is 18.2 Å². The summed E-state index contributed by atoms with van der Waals surface area (Å²) in [5, 5.41) is 0. The van der Waals surface area contributed by atoms with E-state index in [0.29, 0.717) is 5.56 Å². The molecule has 0 spiro atoms. The number of rotatable bonds is 1. The summed E-state index contributed by atoms with van der Waals surface area (Å²) in [4.78, 5) is 10.8. The number of fused-ring (bicyclic) bond motifs is 1. The third-order valence-electron chi connectivity index (χ3n) is 1.70. The number of amides is 1. The van der Waals surface area contributed by atoms with E-state index < -0.39 is 5.91 Å². The Labute approximate surface area is 68.9 Å². The van der Waals surface area contributed by atoms with Crippen LogP contribution in [0.15, 0.2) is 18.2 Å². The lowest BCUT2D eigenvalue weighted by atomic mass is 10.2. The van der Waals surface area contributed by atoms with Gasteiger partial charge in [0.2, 0.25) is 5.91 Å². The number of hydrogen-bond acceptors (Lipinski definition) is 4. The van der Waals surface area contributed by atoms with Crippen molar-refractivity contribution in [1.82, 2.24) is 5.53 Å². The van der Waals surface area contributed by atoms with Crippen LogP contribution < -0.4 is 22.1 Å². The highest BCUT2D eigenvalue weighted by Crippen LogP contribution is 2.24. The van der Waals surface area contributed by atoms with Gasteiger partial charge in [-0.15, -0.1) is 5.53 Å². The Bertz CT molecular complexity index is 336. The van der Waals surface area contributed by atoms with Gasteiger partial charge in [0, 0.05) is 5.56 Å². The van der Waals surface area contributed by atoms with Crippen molar-refractivity contribution in [2.75, 3.05) is 10.9 Å². The van der Waals surface area contributed by atoms with Crippen LogP contribution in [0.2, 0.25) is 0 Å². The predicted molar refractivity (Wildman–Crippen MR) is 45.3 cm³/mol. The number of carbonyl (C=O) groups excluding carboxylic acids is 1. The molecule has 0 fully saturated rings. The summed E-state index contributed by atoms with van der Waals surface area (Å²) >= 11 is 0. The molecule has 0 saturated carbocycles. The average molecular weight is 164 g/mol. The third kappa shape index (κ3) is 0.960. The number of nitrogens with two attached hydrogens (primary N) is 1. The summed E-state index contributed by atoms with van der Waals surface area (Å²) in [6, 6.07) is 5.13. The number of hydrazine groups is 2. The first-order valence-electron chi connectivity index (χ1n) is 3.48. The first kappa shape index (κ1) is 6.93. The fourth-order valence-corrected chi connectivity index (χ4v) is 1.08. The second kappa shape index (κ2) is 2.38. The Kier molecular flexibility index (Phi) is 1.38. The first-order valence-corrected chi connectivity index (χ1v) is 3.48. The molecule has 1 heterocycles. The lowest BCUT2D eigenvalue weighted by Crippen LogP contribution is -2.19. The van der Waals surface area contributed by atoms with Gasteiger partial charge in [0.25, 0.3) is 0 Å². The van der Waals surface area contributed by atoms with E-state index in [2.05, 4.69) is 16.4 Å². The average Bonchev–Trinajstić information content (AvgIpc) is 2.49. The Morgan fingerprint density at radius 2 is 2.00 bits per heavy atom. The molecule has 0 aliphatic carbocycles. The molecule has 0 saturated heterocycles. The molecule has 1 aliphatic rings. The summed E-state index contributed by atoms with van der Waals surface area (Å²) in [6.07, 6.45) is 0. The second-order valence-corrected chi connectivity index (χ2v) is 2.50. The van der Waals surface area contributed by atoms with Crippen LogP contribution in [-0.2, 0) is 0 Å². The zero-order valence-corrected chi connectivity index (χ0v) is 6.22. The van der Waals surface area contributed by atoms with E-state index in [1.165, 1.54) is 0 Å². The maximum atomic E-state index is 10.8. The standard InChI is InChI=1S/C7H8N4O/c8-7(12)4-1-2-5-6(3-4)10-11-9-5/h1-3,9-11H,(H2,8,12). The fraction of sp³-hybridized carbons (Fsp3) is 0. The van der Waals surface area contributed by atoms with E-state index in [0.717, 1.165) is 11.4 Å². The minimum absolute atomic E-state index is 0.425. The van der Waals surface area contributed by atoms with Crippen molar-refractivity contribution in [3.8, 4) is 0 Å². The fourth-order valence-electron chi connectivity index (χ4n) is 1.08. The molecule has 5 nitrogen and oxygen atoms in total. The summed E-state index contributed by atoms with van der Waals surface area (Å²) < 4.78 is 0. The molecule has 2 rings (SSSR count). The molecule has 0 radical (unpaired) electrons. The van der Waals surface area contributed by atoms with Crippen molar-refractivity contribution in [1.29, 1.82) is 0 Å². The minimum atomic E-state index is -0.425. The number of anilines is 2. The van der Waals surface area contributed by atoms with Crippen LogP contribution in [0.4, 0.5) is 11.4 Å². The highest BCUT2D eigenvalue weighted by molar-refractivity contribution is 5.95. The number of hydrogen-bond donors (Lipinski definition) is 4. The molecule has 0 unspecified atom stereocenters. The topological polar surface area (TPSA) is 79.2 Å². The van der Waals surface area contributed by atoms with Crippen LogP contribution in [0.3, 0.4) is 0 Å². The Balaban J connectivity index is 2.45.